The molecule has 1 amide bonds. The van der Waals surface area contributed by atoms with Crippen molar-refractivity contribution < 1.29 is 19.5 Å². The summed E-state index contributed by atoms with van der Waals surface area (Å²) in [6.45, 7) is 1.77. The van der Waals surface area contributed by atoms with E-state index in [2.05, 4.69) is 0 Å². The van der Waals surface area contributed by atoms with Crippen molar-refractivity contribution in [2.45, 2.75) is 19.4 Å². The SMILES string of the molecule is C[C@H]1C(C=O)=C(C(=O)O)N2C(=O)CC12. The van der Waals surface area contributed by atoms with Gasteiger partial charge in [-0.1, -0.05) is 6.92 Å². The van der Waals surface area contributed by atoms with Crippen LogP contribution in [-0.4, -0.2) is 34.2 Å². The van der Waals surface area contributed by atoms with Gasteiger partial charge in [0.1, 0.15) is 12.0 Å². The van der Waals surface area contributed by atoms with Gasteiger partial charge in [0.05, 0.1) is 6.04 Å². The molecule has 2 aliphatic heterocycles. The van der Waals surface area contributed by atoms with Crippen LogP contribution in [0.3, 0.4) is 0 Å². The van der Waals surface area contributed by atoms with E-state index < -0.39 is 5.97 Å². The third kappa shape index (κ3) is 0.865. The van der Waals surface area contributed by atoms with Gasteiger partial charge in [0.2, 0.25) is 5.91 Å². The number of carbonyl (C=O) groups excluding carboxylic acids is 2. The molecule has 74 valence electrons. The molecule has 0 aromatic carbocycles. The largest absolute Gasteiger partial charge is 0.477 e. The zero-order valence-electron chi connectivity index (χ0n) is 7.56. The molecule has 2 aliphatic rings. The first-order valence-corrected chi connectivity index (χ1v) is 4.32. The third-order valence-electron chi connectivity index (χ3n) is 2.90. The standard InChI is InChI=1S/C9H9NO4/c1-4-5(3-11)8(9(13)14)10-6(4)2-7(10)12/h3-4,6H,2H2,1H3,(H,13,14)/t4-,6?/m0/s1. The number of carbonyl (C=O) groups is 3. The summed E-state index contributed by atoms with van der Waals surface area (Å²) in [6.07, 6.45) is 0.884. The van der Waals surface area contributed by atoms with Crippen LogP contribution < -0.4 is 0 Å². The molecule has 0 aromatic rings. The van der Waals surface area contributed by atoms with Crippen molar-refractivity contribution in [1.29, 1.82) is 0 Å². The van der Waals surface area contributed by atoms with E-state index in [1.165, 1.54) is 4.90 Å². The Morgan fingerprint density at radius 2 is 2.29 bits per heavy atom. The normalized spacial score (nSPS) is 30.1. The Morgan fingerprint density at radius 1 is 1.64 bits per heavy atom. The van der Waals surface area contributed by atoms with Crippen molar-refractivity contribution in [2.24, 2.45) is 5.92 Å². The van der Waals surface area contributed by atoms with E-state index in [9.17, 15) is 14.4 Å². The smallest absolute Gasteiger partial charge is 0.353 e. The van der Waals surface area contributed by atoms with Crippen LogP contribution in [0.4, 0.5) is 0 Å². The van der Waals surface area contributed by atoms with Crippen LogP contribution in [-0.2, 0) is 14.4 Å². The van der Waals surface area contributed by atoms with E-state index in [4.69, 9.17) is 5.11 Å². The quantitative estimate of drug-likeness (QED) is 0.488. The highest BCUT2D eigenvalue weighted by molar-refractivity contribution is 6.02. The zero-order valence-corrected chi connectivity index (χ0v) is 7.56. The van der Waals surface area contributed by atoms with Gasteiger partial charge in [-0.3, -0.25) is 9.59 Å². The Hall–Kier alpha value is -1.65. The Labute approximate surface area is 80.0 Å². The van der Waals surface area contributed by atoms with E-state index in [1.54, 1.807) is 6.92 Å². The predicted molar refractivity (Wildman–Crippen MR) is 45.1 cm³/mol. The highest BCUT2D eigenvalue weighted by Gasteiger charge is 2.51. The van der Waals surface area contributed by atoms with Crippen LogP contribution in [0.2, 0.25) is 0 Å². The molecule has 0 aliphatic carbocycles. The molecule has 14 heavy (non-hydrogen) atoms. The van der Waals surface area contributed by atoms with Crippen LogP contribution in [0.5, 0.6) is 0 Å². The fourth-order valence-corrected chi connectivity index (χ4v) is 2.08. The number of aldehydes is 1. The molecular formula is C9H9NO4. The number of nitrogens with zero attached hydrogens (tertiary/aromatic N) is 1. The first-order valence-electron chi connectivity index (χ1n) is 4.32. The molecule has 1 fully saturated rings. The van der Waals surface area contributed by atoms with E-state index >= 15 is 0 Å². The summed E-state index contributed by atoms with van der Waals surface area (Å²) in [4.78, 5) is 33.9. The van der Waals surface area contributed by atoms with Crippen LogP contribution in [0.25, 0.3) is 0 Å². The number of carboxylic acid groups (broad SMARTS) is 1. The first-order chi connectivity index (χ1) is 6.57. The van der Waals surface area contributed by atoms with Crippen LogP contribution in [0.1, 0.15) is 13.3 Å². The van der Waals surface area contributed by atoms with Gasteiger partial charge in [-0.05, 0) is 0 Å². The number of carboxylic acids is 1. The number of aliphatic carboxylic acids is 1. The van der Waals surface area contributed by atoms with Crippen molar-refractivity contribution in [2.75, 3.05) is 0 Å². The van der Waals surface area contributed by atoms with Crippen LogP contribution in [0.15, 0.2) is 11.3 Å². The predicted octanol–water partition coefficient (Wildman–Crippen LogP) is -0.225. The Morgan fingerprint density at radius 3 is 2.71 bits per heavy atom. The Bertz CT molecular complexity index is 371. The average molecular weight is 195 g/mol. The van der Waals surface area contributed by atoms with Crippen LogP contribution >= 0.6 is 0 Å². The summed E-state index contributed by atoms with van der Waals surface area (Å²) < 4.78 is 0. The van der Waals surface area contributed by atoms with Gasteiger partial charge in [0.15, 0.2) is 0 Å². The number of β-lactam (4-membered cyclic amide) rings is 1. The molecule has 2 atom stereocenters. The molecule has 5 nitrogen and oxygen atoms in total. The van der Waals surface area contributed by atoms with Gasteiger partial charge in [-0.15, -0.1) is 0 Å². The second kappa shape index (κ2) is 2.67. The van der Waals surface area contributed by atoms with Gasteiger partial charge in [0.25, 0.3) is 0 Å². The van der Waals surface area contributed by atoms with Gasteiger partial charge < -0.3 is 10.0 Å². The molecule has 2 rings (SSSR count). The van der Waals surface area contributed by atoms with Crippen molar-refractivity contribution in [1.82, 2.24) is 4.90 Å². The summed E-state index contributed by atoms with van der Waals surface area (Å²) in [7, 11) is 0. The van der Waals surface area contributed by atoms with Gasteiger partial charge in [-0.2, -0.15) is 0 Å². The van der Waals surface area contributed by atoms with E-state index in [-0.39, 0.29) is 29.1 Å². The molecular weight excluding hydrogens is 186 g/mol. The average Bonchev–Trinajstić information content (AvgIpc) is 2.34. The Kier molecular flexibility index (Phi) is 1.70. The maximum absolute atomic E-state index is 11.1. The van der Waals surface area contributed by atoms with Gasteiger partial charge in [0, 0.05) is 17.9 Å². The summed E-state index contributed by atoms with van der Waals surface area (Å²) in [5, 5.41) is 8.86. The second-order valence-corrected chi connectivity index (χ2v) is 3.55. The zero-order chi connectivity index (χ0) is 10.5. The lowest BCUT2D eigenvalue weighted by Gasteiger charge is -2.37. The molecule has 1 saturated heterocycles. The number of rotatable bonds is 2. The molecule has 1 N–H and O–H groups in total. The second-order valence-electron chi connectivity index (χ2n) is 3.55. The van der Waals surface area contributed by atoms with Crippen LogP contribution in [0, 0.1) is 5.92 Å². The van der Waals surface area contributed by atoms with E-state index in [0.29, 0.717) is 12.7 Å². The minimum atomic E-state index is -1.20. The van der Waals surface area contributed by atoms with Gasteiger partial charge in [-0.25, -0.2) is 4.79 Å². The van der Waals surface area contributed by atoms with Crippen molar-refractivity contribution >= 4 is 18.2 Å². The monoisotopic (exact) mass is 195 g/mol. The Balaban J connectivity index is 2.47. The molecule has 0 bridgehead atoms. The lowest BCUT2D eigenvalue weighted by Crippen LogP contribution is -2.51. The number of fused-ring (bicyclic) bond motifs is 1. The van der Waals surface area contributed by atoms with Crippen molar-refractivity contribution in [3.8, 4) is 0 Å². The highest BCUT2D eigenvalue weighted by Crippen LogP contribution is 2.41. The molecule has 2 heterocycles. The van der Waals surface area contributed by atoms with Crippen molar-refractivity contribution in [3.05, 3.63) is 11.3 Å². The molecule has 0 aromatic heterocycles. The highest BCUT2D eigenvalue weighted by atomic mass is 16.4. The molecule has 0 radical (unpaired) electrons. The minimum Gasteiger partial charge on any atom is -0.477 e. The maximum atomic E-state index is 11.1. The first kappa shape index (κ1) is 8.93. The fourth-order valence-electron chi connectivity index (χ4n) is 2.08. The fraction of sp³-hybridized carbons (Fsp3) is 0.444. The summed E-state index contributed by atoms with van der Waals surface area (Å²) in [5.41, 5.74) is 0.0992. The topological polar surface area (TPSA) is 74.7 Å². The number of amides is 1. The van der Waals surface area contributed by atoms with Gasteiger partial charge >= 0.3 is 5.97 Å². The third-order valence-corrected chi connectivity index (χ3v) is 2.90. The minimum absolute atomic E-state index is 0.117. The molecule has 1 unspecified atom stereocenters. The maximum Gasteiger partial charge on any atom is 0.353 e. The summed E-state index contributed by atoms with van der Waals surface area (Å²) in [5.74, 6) is -1.57. The molecule has 0 spiro atoms. The van der Waals surface area contributed by atoms with E-state index in [1.807, 2.05) is 0 Å². The molecule has 5 heteroatoms. The van der Waals surface area contributed by atoms with E-state index in [0.717, 1.165) is 0 Å². The number of hydrogen-bond acceptors (Lipinski definition) is 3. The number of hydrogen-bond donors (Lipinski definition) is 1. The van der Waals surface area contributed by atoms with Crippen molar-refractivity contribution in [3.63, 3.8) is 0 Å². The summed E-state index contributed by atoms with van der Waals surface area (Å²) in [6, 6.07) is -0.117. The molecule has 0 saturated carbocycles. The summed E-state index contributed by atoms with van der Waals surface area (Å²) >= 11 is 0. The lowest BCUT2D eigenvalue weighted by molar-refractivity contribution is -0.148. The lowest BCUT2D eigenvalue weighted by atomic mass is 9.91.